The molecule has 4 bridgehead atoms. The highest BCUT2D eigenvalue weighted by atomic mass is 15.0. The maximum atomic E-state index is 3.83. The fraction of sp³-hybridized carbons (Fsp3) is 0.778. The van der Waals surface area contributed by atoms with Crippen LogP contribution in [-0.2, 0) is 13.6 Å². The van der Waals surface area contributed by atoms with Crippen LogP contribution in [0.4, 0.5) is 0 Å². The van der Waals surface area contributed by atoms with E-state index >= 15 is 0 Å². The topological polar surface area (TPSA) is 17.0 Å². The summed E-state index contributed by atoms with van der Waals surface area (Å²) in [7, 11) is 2.14. The molecule has 0 spiro atoms. The Morgan fingerprint density at radius 3 is 2.35 bits per heavy atom. The van der Waals surface area contributed by atoms with Gasteiger partial charge in [0.2, 0.25) is 0 Å². The Morgan fingerprint density at radius 2 is 1.80 bits per heavy atom. The first-order valence-electron chi connectivity index (χ1n) is 8.54. The van der Waals surface area contributed by atoms with Gasteiger partial charge in [0.15, 0.2) is 0 Å². The number of nitrogens with one attached hydrogen (secondary N) is 1. The lowest BCUT2D eigenvalue weighted by molar-refractivity contribution is -0.0495. The minimum absolute atomic E-state index is 0.680. The highest BCUT2D eigenvalue weighted by Gasteiger charge is 2.49. The summed E-state index contributed by atoms with van der Waals surface area (Å²) in [5.74, 6) is 5.19. The van der Waals surface area contributed by atoms with E-state index in [2.05, 4.69) is 42.2 Å². The van der Waals surface area contributed by atoms with Crippen LogP contribution in [0.25, 0.3) is 0 Å². The molecule has 2 heteroatoms. The molecule has 4 aliphatic rings. The van der Waals surface area contributed by atoms with Gasteiger partial charge in [-0.3, -0.25) is 0 Å². The van der Waals surface area contributed by atoms with Gasteiger partial charge < -0.3 is 9.88 Å². The fourth-order valence-corrected chi connectivity index (χ4v) is 5.87. The Hall–Kier alpha value is -0.760. The summed E-state index contributed by atoms with van der Waals surface area (Å²) in [6, 6.07) is 5.06. The molecule has 1 heterocycles. The lowest BCUT2D eigenvalue weighted by Crippen LogP contribution is -2.51. The van der Waals surface area contributed by atoms with E-state index in [9.17, 15) is 0 Å². The van der Waals surface area contributed by atoms with Gasteiger partial charge in [0.25, 0.3) is 0 Å². The van der Waals surface area contributed by atoms with Crippen molar-refractivity contribution in [3.8, 4) is 0 Å². The van der Waals surface area contributed by atoms with E-state index in [1.54, 1.807) is 6.42 Å². The molecular formula is C18H28N2. The Kier molecular flexibility index (Phi) is 3.17. The lowest BCUT2D eigenvalue weighted by atomic mass is 9.50. The molecule has 1 unspecified atom stereocenters. The van der Waals surface area contributed by atoms with Gasteiger partial charge in [-0.2, -0.15) is 0 Å². The van der Waals surface area contributed by atoms with E-state index in [0.29, 0.717) is 6.04 Å². The van der Waals surface area contributed by atoms with Gasteiger partial charge in [0, 0.05) is 31.5 Å². The van der Waals surface area contributed by atoms with Crippen LogP contribution in [0.1, 0.15) is 44.7 Å². The van der Waals surface area contributed by atoms with Crippen molar-refractivity contribution in [1.82, 2.24) is 9.88 Å². The van der Waals surface area contributed by atoms with Gasteiger partial charge in [-0.25, -0.2) is 0 Å². The minimum Gasteiger partial charge on any atom is -0.353 e. The van der Waals surface area contributed by atoms with Crippen molar-refractivity contribution >= 4 is 0 Å². The Balaban J connectivity index is 1.41. The van der Waals surface area contributed by atoms with Crippen LogP contribution in [0.15, 0.2) is 18.3 Å². The summed E-state index contributed by atoms with van der Waals surface area (Å²) < 4.78 is 2.23. The summed E-state index contributed by atoms with van der Waals surface area (Å²) in [6.45, 7) is 3.46. The zero-order valence-electron chi connectivity index (χ0n) is 12.9. The van der Waals surface area contributed by atoms with E-state index in [4.69, 9.17) is 0 Å². The lowest BCUT2D eigenvalue weighted by Gasteiger charge is -2.56. The minimum atomic E-state index is 0.680. The molecule has 2 nitrogen and oxygen atoms in total. The maximum Gasteiger partial charge on any atom is 0.0361 e. The Bertz CT molecular complexity index is 448. The summed E-state index contributed by atoms with van der Waals surface area (Å²) in [6.07, 6.45) is 9.85. The molecule has 0 aliphatic heterocycles. The van der Waals surface area contributed by atoms with Crippen LogP contribution in [0.5, 0.6) is 0 Å². The zero-order valence-corrected chi connectivity index (χ0v) is 12.9. The van der Waals surface area contributed by atoms with Crippen molar-refractivity contribution in [1.29, 1.82) is 0 Å². The highest BCUT2D eigenvalue weighted by Crippen LogP contribution is 2.57. The van der Waals surface area contributed by atoms with Crippen LogP contribution in [0.2, 0.25) is 0 Å². The molecule has 0 saturated heterocycles. The van der Waals surface area contributed by atoms with E-state index < -0.39 is 0 Å². The van der Waals surface area contributed by atoms with Crippen LogP contribution in [0.3, 0.4) is 0 Å². The SMILES string of the molecule is CC(NCc1cccn1C)C1C2CC3CC(C2)CC1C3. The van der Waals surface area contributed by atoms with Crippen molar-refractivity contribution in [2.24, 2.45) is 36.6 Å². The molecule has 4 aliphatic carbocycles. The molecule has 1 aromatic heterocycles. The third-order valence-corrected chi connectivity index (χ3v) is 6.53. The summed E-state index contributed by atoms with van der Waals surface area (Å²) in [5.41, 5.74) is 1.40. The van der Waals surface area contributed by atoms with Crippen molar-refractivity contribution in [2.75, 3.05) is 0 Å². The molecule has 1 atom stereocenters. The molecule has 0 radical (unpaired) electrons. The van der Waals surface area contributed by atoms with Crippen molar-refractivity contribution < 1.29 is 0 Å². The van der Waals surface area contributed by atoms with Crippen LogP contribution in [-0.4, -0.2) is 10.6 Å². The second kappa shape index (κ2) is 4.91. The predicted molar refractivity (Wildman–Crippen MR) is 82.2 cm³/mol. The predicted octanol–water partition coefficient (Wildman–Crippen LogP) is 3.58. The maximum absolute atomic E-state index is 3.83. The quantitative estimate of drug-likeness (QED) is 0.886. The second-order valence-corrected chi connectivity index (χ2v) is 7.79. The van der Waals surface area contributed by atoms with Gasteiger partial charge in [-0.05, 0) is 80.8 Å². The van der Waals surface area contributed by atoms with Crippen LogP contribution >= 0.6 is 0 Å². The molecule has 1 aromatic rings. The normalized spacial score (nSPS) is 40.2. The summed E-state index contributed by atoms with van der Waals surface area (Å²) in [4.78, 5) is 0. The number of hydrogen-bond donors (Lipinski definition) is 1. The monoisotopic (exact) mass is 272 g/mol. The van der Waals surface area contributed by atoms with Crippen LogP contribution in [0, 0.1) is 29.6 Å². The number of aryl methyl sites for hydroxylation is 1. The van der Waals surface area contributed by atoms with Gasteiger partial charge in [-0.15, -0.1) is 0 Å². The third-order valence-electron chi connectivity index (χ3n) is 6.53. The highest BCUT2D eigenvalue weighted by molar-refractivity contribution is 5.07. The molecule has 0 aromatic carbocycles. The number of hydrogen-bond acceptors (Lipinski definition) is 1. The molecule has 20 heavy (non-hydrogen) atoms. The van der Waals surface area contributed by atoms with Crippen molar-refractivity contribution in [3.63, 3.8) is 0 Å². The van der Waals surface area contributed by atoms with E-state index in [1.165, 1.54) is 31.4 Å². The fourth-order valence-electron chi connectivity index (χ4n) is 5.87. The molecule has 0 amide bonds. The average molecular weight is 272 g/mol. The van der Waals surface area contributed by atoms with Crippen molar-refractivity contribution in [3.05, 3.63) is 24.0 Å². The standard InChI is InChI=1S/C18H28N2/c1-12(19-11-17-4-3-5-20(17)2)18-15-7-13-6-14(9-15)10-16(18)8-13/h3-5,12-16,18-19H,6-11H2,1-2H3. The van der Waals surface area contributed by atoms with Gasteiger partial charge in [0.05, 0.1) is 0 Å². The van der Waals surface area contributed by atoms with Gasteiger partial charge >= 0.3 is 0 Å². The first kappa shape index (κ1) is 12.9. The summed E-state index contributed by atoms with van der Waals surface area (Å²) >= 11 is 0. The largest absolute Gasteiger partial charge is 0.353 e. The molecular weight excluding hydrogens is 244 g/mol. The second-order valence-electron chi connectivity index (χ2n) is 7.79. The molecule has 4 saturated carbocycles. The smallest absolute Gasteiger partial charge is 0.0361 e. The van der Waals surface area contributed by atoms with Crippen molar-refractivity contribution in [2.45, 2.75) is 51.6 Å². The third kappa shape index (κ3) is 2.13. The Morgan fingerprint density at radius 1 is 1.15 bits per heavy atom. The van der Waals surface area contributed by atoms with Gasteiger partial charge in [-0.1, -0.05) is 0 Å². The molecule has 110 valence electrons. The van der Waals surface area contributed by atoms with E-state index in [-0.39, 0.29) is 0 Å². The molecule has 4 fully saturated rings. The number of aromatic nitrogens is 1. The average Bonchev–Trinajstić information content (AvgIpc) is 2.80. The first-order chi connectivity index (χ1) is 9.70. The van der Waals surface area contributed by atoms with Gasteiger partial charge in [0.1, 0.15) is 0 Å². The molecule has 5 rings (SSSR count). The Labute approximate surface area is 122 Å². The number of nitrogens with zero attached hydrogens (tertiary/aromatic N) is 1. The summed E-state index contributed by atoms with van der Waals surface area (Å²) in [5, 5.41) is 3.83. The number of rotatable bonds is 4. The zero-order chi connectivity index (χ0) is 13.7. The van der Waals surface area contributed by atoms with Crippen LogP contribution < -0.4 is 5.32 Å². The van der Waals surface area contributed by atoms with E-state index in [0.717, 1.165) is 36.1 Å². The van der Waals surface area contributed by atoms with E-state index in [1.807, 2.05) is 0 Å². The first-order valence-corrected chi connectivity index (χ1v) is 8.54. The molecule has 1 N–H and O–H groups in total.